The fourth-order valence-corrected chi connectivity index (χ4v) is 4.85. The number of nitrogens with zero attached hydrogens (tertiary/aromatic N) is 1. The Kier molecular flexibility index (Phi) is 6.76. The molecule has 2 heterocycles. The Morgan fingerprint density at radius 3 is 2.71 bits per heavy atom. The summed E-state index contributed by atoms with van der Waals surface area (Å²) in [6, 6.07) is 9.92. The van der Waals surface area contributed by atoms with Crippen LogP contribution in [0.4, 0.5) is 15.8 Å². The van der Waals surface area contributed by atoms with Gasteiger partial charge in [-0.05, 0) is 49.2 Å². The van der Waals surface area contributed by atoms with Gasteiger partial charge in [0.2, 0.25) is 15.9 Å². The summed E-state index contributed by atoms with van der Waals surface area (Å²) in [4.78, 5) is 27.2. The molecular weight excluding hydrogens is 465 g/mol. The zero-order chi connectivity index (χ0) is 24.5. The first-order valence-corrected chi connectivity index (χ1v) is 12.7. The number of anilines is 2. The summed E-state index contributed by atoms with van der Waals surface area (Å²) in [5, 5.41) is 2.67. The van der Waals surface area contributed by atoms with E-state index in [4.69, 9.17) is 9.47 Å². The number of hydrogen-bond donors (Lipinski definition) is 2. The largest absolute Gasteiger partial charge is 0.490 e. The number of carbonyl (C=O) groups excluding carboxylic acids is 2. The third-order valence-electron chi connectivity index (χ3n) is 5.84. The summed E-state index contributed by atoms with van der Waals surface area (Å²) in [6.45, 7) is 0.163. The van der Waals surface area contributed by atoms with Crippen molar-refractivity contribution in [2.24, 2.45) is 0 Å². The second-order valence-electron chi connectivity index (χ2n) is 8.52. The van der Waals surface area contributed by atoms with Gasteiger partial charge in [0.15, 0.2) is 0 Å². The molecule has 2 aliphatic heterocycles. The topological polar surface area (TPSA) is 114 Å². The third-order valence-corrected chi connectivity index (χ3v) is 6.44. The molecular formula is C23H26FN3O6S. The van der Waals surface area contributed by atoms with Gasteiger partial charge in [-0.25, -0.2) is 12.8 Å². The molecule has 2 N–H and O–H groups in total. The molecule has 2 aromatic rings. The van der Waals surface area contributed by atoms with Crippen molar-refractivity contribution in [2.75, 3.05) is 29.9 Å². The maximum Gasteiger partial charge on any atom is 0.257 e. The van der Waals surface area contributed by atoms with Gasteiger partial charge in [0.1, 0.15) is 24.3 Å². The Bertz CT molecular complexity index is 1200. The van der Waals surface area contributed by atoms with E-state index in [-0.39, 0.29) is 48.2 Å². The van der Waals surface area contributed by atoms with Gasteiger partial charge < -0.3 is 19.7 Å². The fourth-order valence-electron chi connectivity index (χ4n) is 4.29. The minimum absolute atomic E-state index is 0.0918. The van der Waals surface area contributed by atoms with Crippen LogP contribution in [-0.2, 0) is 19.6 Å². The van der Waals surface area contributed by atoms with Gasteiger partial charge in [-0.15, -0.1) is 0 Å². The predicted molar refractivity (Wildman–Crippen MR) is 124 cm³/mol. The van der Waals surface area contributed by atoms with E-state index < -0.39 is 21.9 Å². The fraction of sp³-hybridized carbons (Fsp3) is 0.391. The molecule has 9 nitrogen and oxygen atoms in total. The van der Waals surface area contributed by atoms with Crippen molar-refractivity contribution in [3.8, 4) is 5.75 Å². The molecule has 34 heavy (non-hydrogen) atoms. The third kappa shape index (κ3) is 5.65. The van der Waals surface area contributed by atoms with Crippen molar-refractivity contribution in [1.82, 2.24) is 4.90 Å². The Morgan fingerprint density at radius 2 is 1.97 bits per heavy atom. The van der Waals surface area contributed by atoms with Crippen molar-refractivity contribution < 1.29 is 31.9 Å². The molecule has 4 rings (SSSR count). The minimum Gasteiger partial charge on any atom is -0.490 e. The molecule has 1 fully saturated rings. The van der Waals surface area contributed by atoms with Crippen molar-refractivity contribution in [3.05, 3.63) is 53.8 Å². The number of nitrogens with one attached hydrogen (secondary N) is 2. The van der Waals surface area contributed by atoms with Crippen LogP contribution < -0.4 is 14.8 Å². The highest BCUT2D eigenvalue weighted by Gasteiger charge is 2.39. The summed E-state index contributed by atoms with van der Waals surface area (Å²) in [6.07, 6.45) is 1.46. The van der Waals surface area contributed by atoms with Crippen LogP contribution in [0.2, 0.25) is 0 Å². The average molecular weight is 492 g/mol. The molecule has 182 valence electrons. The van der Waals surface area contributed by atoms with Crippen molar-refractivity contribution in [2.45, 2.75) is 37.5 Å². The normalized spacial score (nSPS) is 22.5. The number of rotatable bonds is 5. The van der Waals surface area contributed by atoms with Gasteiger partial charge in [-0.3, -0.25) is 14.3 Å². The summed E-state index contributed by atoms with van der Waals surface area (Å²) in [5.41, 5.74) is 0.902. The Morgan fingerprint density at radius 1 is 1.18 bits per heavy atom. The highest BCUT2D eigenvalue weighted by atomic mass is 32.2. The van der Waals surface area contributed by atoms with E-state index in [0.717, 1.165) is 6.26 Å². The molecule has 11 heteroatoms. The highest BCUT2D eigenvalue weighted by Crippen LogP contribution is 2.32. The van der Waals surface area contributed by atoms with Crippen molar-refractivity contribution in [3.63, 3.8) is 0 Å². The van der Waals surface area contributed by atoms with E-state index in [9.17, 15) is 22.4 Å². The lowest BCUT2D eigenvalue weighted by atomic mass is 9.94. The first kappa shape index (κ1) is 24.0. The van der Waals surface area contributed by atoms with Crippen molar-refractivity contribution in [1.29, 1.82) is 0 Å². The van der Waals surface area contributed by atoms with Gasteiger partial charge in [-0.1, -0.05) is 6.07 Å². The number of halogens is 1. The van der Waals surface area contributed by atoms with Crippen LogP contribution in [0, 0.1) is 5.82 Å². The molecule has 0 unspecified atom stereocenters. The van der Waals surface area contributed by atoms with E-state index in [2.05, 4.69) is 10.0 Å². The van der Waals surface area contributed by atoms with Crippen LogP contribution in [-0.4, -0.2) is 63.3 Å². The van der Waals surface area contributed by atoms with Crippen LogP contribution in [0.25, 0.3) is 0 Å². The Balaban J connectivity index is 1.44. The van der Waals surface area contributed by atoms with E-state index in [1.54, 1.807) is 24.1 Å². The minimum atomic E-state index is -3.50. The van der Waals surface area contributed by atoms with E-state index in [0.29, 0.717) is 24.3 Å². The maximum atomic E-state index is 13.3. The van der Waals surface area contributed by atoms with E-state index >= 15 is 0 Å². The Labute approximate surface area is 197 Å². The molecule has 0 saturated carbocycles. The summed E-state index contributed by atoms with van der Waals surface area (Å²) >= 11 is 0. The van der Waals surface area contributed by atoms with Gasteiger partial charge in [0.25, 0.3) is 5.91 Å². The molecule has 0 spiro atoms. The molecule has 2 aliphatic rings. The van der Waals surface area contributed by atoms with Gasteiger partial charge in [0.05, 0.1) is 30.4 Å². The van der Waals surface area contributed by atoms with Crippen LogP contribution in [0.1, 0.15) is 29.6 Å². The number of sulfonamides is 1. The zero-order valence-electron chi connectivity index (χ0n) is 18.8. The summed E-state index contributed by atoms with van der Waals surface area (Å²) in [7, 11) is -1.82. The van der Waals surface area contributed by atoms with Gasteiger partial charge >= 0.3 is 0 Å². The number of hydrogen-bond acceptors (Lipinski definition) is 6. The second kappa shape index (κ2) is 9.59. The first-order chi connectivity index (χ1) is 16.1. The molecule has 2 amide bonds. The number of amides is 2. The summed E-state index contributed by atoms with van der Waals surface area (Å²) < 4.78 is 50.8. The standard InChI is InChI=1S/C23H26FN3O6S/c1-27-19-8-7-17(12-22(28)25-15-5-3-4-14(24)10-15)33-21(19)13-32-20-9-6-16(26-34(2,30)31)11-18(20)23(27)29/h3-6,9-11,17,19,21,26H,7-8,12-13H2,1-2H3,(H,25,28)/t17-,19+,21-/m1/s1. The number of ether oxygens (including phenoxy) is 2. The summed E-state index contributed by atoms with van der Waals surface area (Å²) in [5.74, 6) is -0.716. The smallest absolute Gasteiger partial charge is 0.257 e. The SMILES string of the molecule is CN1C(=O)c2cc(NS(C)(=O)=O)ccc2OC[C@H]2O[C@@H](CC(=O)Nc3cccc(F)c3)CC[C@@H]21. The predicted octanol–water partition coefficient (Wildman–Crippen LogP) is 2.61. The van der Waals surface area contributed by atoms with Gasteiger partial charge in [0, 0.05) is 18.4 Å². The van der Waals surface area contributed by atoms with E-state index in [1.807, 2.05) is 0 Å². The lowest BCUT2D eigenvalue weighted by Gasteiger charge is -2.42. The Hall–Kier alpha value is -3.18. The second-order valence-corrected chi connectivity index (χ2v) is 10.3. The van der Waals surface area contributed by atoms with Gasteiger partial charge in [-0.2, -0.15) is 0 Å². The van der Waals surface area contributed by atoms with Crippen LogP contribution >= 0.6 is 0 Å². The number of carbonyl (C=O) groups is 2. The lowest BCUT2D eigenvalue weighted by molar-refractivity contribution is -0.130. The molecule has 0 aromatic heterocycles. The molecule has 0 bridgehead atoms. The maximum absolute atomic E-state index is 13.3. The number of benzene rings is 2. The molecule has 0 radical (unpaired) electrons. The van der Waals surface area contributed by atoms with Crippen LogP contribution in [0.3, 0.4) is 0 Å². The quantitative estimate of drug-likeness (QED) is 0.665. The lowest BCUT2D eigenvalue weighted by Crippen LogP contribution is -2.53. The molecule has 0 aliphatic carbocycles. The number of fused-ring (bicyclic) bond motifs is 2. The monoisotopic (exact) mass is 491 g/mol. The number of likely N-dealkylation sites (N-methyl/N-ethyl adjacent to an activating group) is 1. The highest BCUT2D eigenvalue weighted by molar-refractivity contribution is 7.92. The average Bonchev–Trinajstić information content (AvgIpc) is 2.75. The first-order valence-electron chi connectivity index (χ1n) is 10.8. The molecule has 1 saturated heterocycles. The molecule has 2 aromatic carbocycles. The van der Waals surface area contributed by atoms with Crippen LogP contribution in [0.5, 0.6) is 5.75 Å². The van der Waals surface area contributed by atoms with E-state index in [1.165, 1.54) is 30.3 Å². The zero-order valence-corrected chi connectivity index (χ0v) is 19.6. The van der Waals surface area contributed by atoms with Crippen LogP contribution in [0.15, 0.2) is 42.5 Å². The molecule has 3 atom stereocenters. The van der Waals surface area contributed by atoms with Crippen molar-refractivity contribution >= 4 is 33.2 Å².